The Morgan fingerprint density at radius 2 is 0.962 bits per heavy atom. The van der Waals surface area contributed by atoms with E-state index in [0.29, 0.717) is 17.5 Å². The Labute approximate surface area is 297 Å². The molecule has 0 spiro atoms. The van der Waals surface area contributed by atoms with Crippen LogP contribution in [0.5, 0.6) is 0 Å². The molecule has 0 saturated carbocycles. The fourth-order valence-electron chi connectivity index (χ4n) is 7.73. The number of hydrogen-bond donors (Lipinski definition) is 0. The highest BCUT2D eigenvalue weighted by molar-refractivity contribution is 6.24. The molecule has 11 aromatic rings. The summed E-state index contributed by atoms with van der Waals surface area (Å²) >= 11 is 0. The largest absolute Gasteiger partial charge is 0.456 e. The third-order valence-corrected chi connectivity index (χ3v) is 10.1. The molecule has 0 radical (unpaired) electrons. The maximum atomic E-state index is 6.89. The Kier molecular flexibility index (Phi) is 6.18. The van der Waals surface area contributed by atoms with Crippen molar-refractivity contribution in [2.24, 2.45) is 0 Å². The van der Waals surface area contributed by atoms with Crippen LogP contribution in [0, 0.1) is 0 Å². The van der Waals surface area contributed by atoms with Gasteiger partial charge < -0.3 is 8.83 Å². The molecule has 3 heterocycles. The molecular weight excluding hydrogens is 639 g/mol. The summed E-state index contributed by atoms with van der Waals surface area (Å²) in [6, 6.07) is 56.2. The first-order valence-electron chi connectivity index (χ1n) is 17.4. The van der Waals surface area contributed by atoms with Crippen molar-refractivity contribution in [2.75, 3.05) is 0 Å². The highest BCUT2D eigenvalue weighted by Crippen LogP contribution is 2.43. The SMILES string of the molecule is c1ccc(-c2nc(-c3ccc4oc5ccccc5c4c3)nc(-c3cc4oc5c(-c6cccc7ccccc67)cccc5c4c4ccccc34)n2)cc1. The van der Waals surface area contributed by atoms with Gasteiger partial charge in [-0.1, -0.05) is 133 Å². The summed E-state index contributed by atoms with van der Waals surface area (Å²) in [7, 11) is 0. The molecule has 0 aliphatic carbocycles. The average Bonchev–Trinajstić information content (AvgIpc) is 3.79. The number of aromatic nitrogens is 3. The van der Waals surface area contributed by atoms with E-state index in [2.05, 4.69) is 103 Å². The Hall–Kier alpha value is -7.11. The summed E-state index contributed by atoms with van der Waals surface area (Å²) in [6.07, 6.45) is 0. The second-order valence-corrected chi connectivity index (χ2v) is 13.1. The maximum absolute atomic E-state index is 6.89. The van der Waals surface area contributed by atoms with Crippen LogP contribution < -0.4 is 0 Å². The minimum absolute atomic E-state index is 0.578. The molecule has 0 atom stereocenters. The van der Waals surface area contributed by atoms with Crippen molar-refractivity contribution in [1.82, 2.24) is 15.0 Å². The zero-order valence-corrected chi connectivity index (χ0v) is 27.7. The molecule has 0 N–H and O–H groups in total. The molecule has 52 heavy (non-hydrogen) atoms. The zero-order chi connectivity index (χ0) is 34.2. The molecule has 0 bridgehead atoms. The van der Waals surface area contributed by atoms with Gasteiger partial charge in [-0.05, 0) is 57.4 Å². The second kappa shape index (κ2) is 11.2. The van der Waals surface area contributed by atoms with Crippen LogP contribution in [-0.4, -0.2) is 15.0 Å². The van der Waals surface area contributed by atoms with E-state index in [1.165, 1.54) is 10.8 Å². The number of nitrogens with zero attached hydrogens (tertiary/aromatic N) is 3. The maximum Gasteiger partial charge on any atom is 0.164 e. The molecule has 0 aliphatic heterocycles. The van der Waals surface area contributed by atoms with Crippen molar-refractivity contribution in [3.05, 3.63) is 164 Å². The van der Waals surface area contributed by atoms with Crippen molar-refractivity contribution >= 4 is 65.4 Å². The van der Waals surface area contributed by atoms with Gasteiger partial charge in [-0.3, -0.25) is 0 Å². The first kappa shape index (κ1) is 28.7. The first-order chi connectivity index (χ1) is 25.8. The van der Waals surface area contributed by atoms with Crippen LogP contribution in [0.25, 0.3) is 111 Å². The third kappa shape index (κ3) is 4.39. The summed E-state index contributed by atoms with van der Waals surface area (Å²) in [4.78, 5) is 15.4. The molecule has 11 rings (SSSR count). The van der Waals surface area contributed by atoms with Crippen LogP contribution in [0.1, 0.15) is 0 Å². The van der Waals surface area contributed by atoms with Crippen molar-refractivity contribution in [1.29, 1.82) is 0 Å². The van der Waals surface area contributed by atoms with Gasteiger partial charge in [0.05, 0.1) is 0 Å². The predicted molar refractivity (Wildman–Crippen MR) is 211 cm³/mol. The van der Waals surface area contributed by atoms with E-state index in [4.69, 9.17) is 23.8 Å². The van der Waals surface area contributed by atoms with Crippen LogP contribution in [-0.2, 0) is 0 Å². The minimum Gasteiger partial charge on any atom is -0.456 e. The van der Waals surface area contributed by atoms with E-state index in [9.17, 15) is 0 Å². The average molecular weight is 666 g/mol. The van der Waals surface area contributed by atoms with Gasteiger partial charge in [-0.15, -0.1) is 0 Å². The van der Waals surface area contributed by atoms with Gasteiger partial charge >= 0.3 is 0 Å². The van der Waals surface area contributed by atoms with Gasteiger partial charge in [-0.25, -0.2) is 15.0 Å². The van der Waals surface area contributed by atoms with Crippen LogP contribution >= 0.6 is 0 Å². The molecule has 8 aromatic carbocycles. The van der Waals surface area contributed by atoms with Gasteiger partial charge in [0.1, 0.15) is 22.3 Å². The number of benzene rings is 8. The van der Waals surface area contributed by atoms with Gasteiger partial charge in [0, 0.05) is 43.8 Å². The van der Waals surface area contributed by atoms with Crippen LogP contribution in [0.4, 0.5) is 0 Å². The standard InChI is InChI=1S/C47H27N3O2/c1-2-13-29(14-3-1)45-48-46(30-24-25-41-38(26-30)34-18-8-9-23-40(34)51-41)50-47(49-45)39-27-42-43(35-19-7-6-17-33(35)39)37-22-11-21-36(44(37)52-42)32-20-10-15-28-12-4-5-16-31(28)32/h1-27H. The molecule has 0 saturated heterocycles. The summed E-state index contributed by atoms with van der Waals surface area (Å²) in [5.74, 6) is 1.77. The Morgan fingerprint density at radius 1 is 0.327 bits per heavy atom. The van der Waals surface area contributed by atoms with E-state index in [-0.39, 0.29) is 0 Å². The Balaban J connectivity index is 1.17. The van der Waals surface area contributed by atoms with Crippen molar-refractivity contribution in [3.8, 4) is 45.3 Å². The van der Waals surface area contributed by atoms with E-state index in [0.717, 1.165) is 82.5 Å². The summed E-state index contributed by atoms with van der Waals surface area (Å²) in [5, 5.41) is 8.74. The van der Waals surface area contributed by atoms with Gasteiger partial charge in [0.25, 0.3) is 0 Å². The quantitative estimate of drug-likeness (QED) is 0.187. The highest BCUT2D eigenvalue weighted by Gasteiger charge is 2.21. The fraction of sp³-hybridized carbons (Fsp3) is 0. The van der Waals surface area contributed by atoms with Gasteiger partial charge in [0.2, 0.25) is 0 Å². The van der Waals surface area contributed by atoms with Crippen molar-refractivity contribution in [3.63, 3.8) is 0 Å². The zero-order valence-electron chi connectivity index (χ0n) is 27.7. The summed E-state index contributed by atoms with van der Waals surface area (Å²) in [6.45, 7) is 0. The summed E-state index contributed by atoms with van der Waals surface area (Å²) < 4.78 is 13.0. The van der Waals surface area contributed by atoms with E-state index < -0.39 is 0 Å². The predicted octanol–water partition coefficient (Wildman–Crippen LogP) is 12.6. The highest BCUT2D eigenvalue weighted by atomic mass is 16.3. The summed E-state index contributed by atoms with van der Waals surface area (Å²) in [5.41, 5.74) is 8.20. The topological polar surface area (TPSA) is 65.0 Å². The van der Waals surface area contributed by atoms with Crippen molar-refractivity contribution in [2.45, 2.75) is 0 Å². The monoisotopic (exact) mass is 665 g/mol. The Morgan fingerprint density at radius 3 is 1.85 bits per heavy atom. The van der Waals surface area contributed by atoms with E-state index in [1.54, 1.807) is 0 Å². The number of hydrogen-bond acceptors (Lipinski definition) is 5. The molecule has 0 unspecified atom stereocenters. The van der Waals surface area contributed by atoms with Crippen LogP contribution in [0.3, 0.4) is 0 Å². The lowest BCUT2D eigenvalue weighted by Crippen LogP contribution is -2.00. The third-order valence-electron chi connectivity index (χ3n) is 10.1. The first-order valence-corrected chi connectivity index (χ1v) is 17.4. The molecule has 0 fully saturated rings. The molecule has 0 aliphatic rings. The number of fused-ring (bicyclic) bond motifs is 9. The van der Waals surface area contributed by atoms with E-state index >= 15 is 0 Å². The lowest BCUT2D eigenvalue weighted by atomic mass is 9.95. The van der Waals surface area contributed by atoms with E-state index in [1.807, 2.05) is 60.7 Å². The molecular formula is C47H27N3O2. The Bertz CT molecular complexity index is 3190. The number of rotatable bonds is 4. The molecule has 5 heteroatoms. The smallest absolute Gasteiger partial charge is 0.164 e. The number of furan rings is 2. The molecule has 242 valence electrons. The van der Waals surface area contributed by atoms with Gasteiger partial charge in [-0.2, -0.15) is 0 Å². The van der Waals surface area contributed by atoms with Crippen LogP contribution in [0.15, 0.2) is 173 Å². The molecule has 3 aromatic heterocycles. The van der Waals surface area contributed by atoms with Crippen molar-refractivity contribution < 1.29 is 8.83 Å². The lowest BCUT2D eigenvalue weighted by molar-refractivity contribution is 0.669. The van der Waals surface area contributed by atoms with Gasteiger partial charge in [0.15, 0.2) is 17.5 Å². The molecule has 0 amide bonds. The fourth-order valence-corrected chi connectivity index (χ4v) is 7.73. The van der Waals surface area contributed by atoms with Crippen LogP contribution in [0.2, 0.25) is 0 Å². The minimum atomic E-state index is 0.578. The normalized spacial score (nSPS) is 11.8. The molecule has 5 nitrogen and oxygen atoms in total. The lowest BCUT2D eigenvalue weighted by Gasteiger charge is -2.11. The number of para-hydroxylation sites is 2. The second-order valence-electron chi connectivity index (χ2n) is 13.1.